The summed E-state index contributed by atoms with van der Waals surface area (Å²) >= 11 is 1.66. The molecule has 6 aromatic rings. The maximum absolute atomic E-state index is 7.59. The van der Waals surface area contributed by atoms with Crippen molar-refractivity contribution in [3.63, 3.8) is 0 Å². The molecule has 0 N–H and O–H groups in total. The fraction of sp³-hybridized carbons (Fsp3) is 0.265. The highest BCUT2D eigenvalue weighted by Crippen LogP contribution is 2.41. The average Bonchev–Trinajstić information content (AvgIpc) is 3.24. The Morgan fingerprint density at radius 3 is 1.29 bits per heavy atom. The van der Waals surface area contributed by atoms with Crippen molar-refractivity contribution in [2.45, 2.75) is 80.4 Å². The molecule has 0 amide bonds. The Kier molecular flexibility index (Phi) is 13.7. The molecular formula is C49H52O5SSi. The highest BCUT2D eigenvalue weighted by atomic mass is 32.2. The molecule has 1 aliphatic heterocycles. The molecule has 1 saturated heterocycles. The minimum Gasteiger partial charge on any atom is -0.405 e. The van der Waals surface area contributed by atoms with Gasteiger partial charge >= 0.3 is 0 Å². The molecule has 6 aromatic carbocycles. The first-order valence-electron chi connectivity index (χ1n) is 19.5. The summed E-state index contributed by atoms with van der Waals surface area (Å²) in [6.45, 7) is 8.40. The van der Waals surface area contributed by atoms with Gasteiger partial charge in [0.15, 0.2) is 0 Å². The molecular weight excluding hydrogens is 729 g/mol. The zero-order valence-electron chi connectivity index (χ0n) is 32.5. The van der Waals surface area contributed by atoms with Crippen molar-refractivity contribution in [1.29, 1.82) is 0 Å². The molecule has 7 heteroatoms. The quantitative estimate of drug-likeness (QED) is 0.0913. The molecule has 0 spiro atoms. The largest absolute Gasteiger partial charge is 0.405 e. The maximum atomic E-state index is 7.59. The van der Waals surface area contributed by atoms with Crippen LogP contribution in [0.2, 0.25) is 5.04 Å². The average molecular weight is 781 g/mol. The van der Waals surface area contributed by atoms with Crippen molar-refractivity contribution in [2.24, 2.45) is 0 Å². The summed E-state index contributed by atoms with van der Waals surface area (Å²) in [4.78, 5) is 1.09. The number of ether oxygens (including phenoxy) is 4. The molecule has 5 atom stereocenters. The van der Waals surface area contributed by atoms with Gasteiger partial charge in [0.25, 0.3) is 8.32 Å². The number of hydrogen-bond acceptors (Lipinski definition) is 6. The van der Waals surface area contributed by atoms with Gasteiger partial charge < -0.3 is 23.4 Å². The first kappa shape index (κ1) is 39.9. The third-order valence-electron chi connectivity index (χ3n) is 10.3. The van der Waals surface area contributed by atoms with Crippen molar-refractivity contribution in [2.75, 3.05) is 6.61 Å². The van der Waals surface area contributed by atoms with Crippen molar-refractivity contribution in [3.05, 3.63) is 199 Å². The van der Waals surface area contributed by atoms with E-state index in [1.54, 1.807) is 11.8 Å². The predicted molar refractivity (Wildman–Crippen MR) is 230 cm³/mol. The van der Waals surface area contributed by atoms with E-state index in [1.165, 1.54) is 10.4 Å². The Morgan fingerprint density at radius 1 is 0.482 bits per heavy atom. The van der Waals surface area contributed by atoms with Crippen LogP contribution >= 0.6 is 11.8 Å². The van der Waals surface area contributed by atoms with Crippen LogP contribution < -0.4 is 10.4 Å². The zero-order chi connectivity index (χ0) is 38.6. The van der Waals surface area contributed by atoms with E-state index in [2.05, 4.69) is 142 Å². The monoisotopic (exact) mass is 780 g/mol. The summed E-state index contributed by atoms with van der Waals surface area (Å²) in [6.07, 6.45) is -1.98. The van der Waals surface area contributed by atoms with Gasteiger partial charge in [-0.05, 0) is 44.2 Å². The molecule has 56 heavy (non-hydrogen) atoms. The Labute approximate surface area is 338 Å². The van der Waals surface area contributed by atoms with Crippen LogP contribution in [-0.2, 0) is 43.2 Å². The van der Waals surface area contributed by atoms with Gasteiger partial charge in [0.2, 0.25) is 0 Å². The fourth-order valence-electron chi connectivity index (χ4n) is 7.58. The normalized spacial score (nSPS) is 20.1. The lowest BCUT2D eigenvalue weighted by Crippen LogP contribution is -2.68. The van der Waals surface area contributed by atoms with Gasteiger partial charge in [-0.15, -0.1) is 0 Å². The van der Waals surface area contributed by atoms with Gasteiger partial charge in [-0.25, -0.2) is 0 Å². The highest BCUT2D eigenvalue weighted by molar-refractivity contribution is 7.99. The third-order valence-corrected chi connectivity index (χ3v) is 16.5. The summed E-state index contributed by atoms with van der Waals surface area (Å²) in [6, 6.07) is 62.8. The van der Waals surface area contributed by atoms with Crippen LogP contribution in [0.15, 0.2) is 187 Å². The first-order chi connectivity index (χ1) is 27.4. The number of hydrogen-bond donors (Lipinski definition) is 0. The van der Waals surface area contributed by atoms with E-state index < -0.39 is 38.2 Å². The standard InChI is InChI=1S/C49H52O5SSi/c1-49(2,3)56(42-30-18-8-19-31-42,43-32-20-9-21-33-43)53-37-44-45(50-34-38-22-10-4-11-23-38)46(51-35-39-24-12-5-13-25-39)47(52-36-40-26-14-6-15-27-40)48(54-44)55-41-28-16-7-17-29-41/h4-33,44-48H,34-37H2,1-3H3/t44?,45-,46?,47?,48+/m1/s1. The lowest BCUT2D eigenvalue weighted by molar-refractivity contribution is -0.251. The Morgan fingerprint density at radius 2 is 0.857 bits per heavy atom. The molecule has 0 saturated carbocycles. The Hall–Kier alpha value is -4.31. The van der Waals surface area contributed by atoms with Crippen molar-refractivity contribution in [3.8, 4) is 0 Å². The molecule has 1 aliphatic rings. The van der Waals surface area contributed by atoms with Gasteiger partial charge in [0, 0.05) is 4.90 Å². The van der Waals surface area contributed by atoms with Crippen LogP contribution in [0.1, 0.15) is 37.5 Å². The molecule has 0 radical (unpaired) electrons. The van der Waals surface area contributed by atoms with E-state index in [0.29, 0.717) is 26.4 Å². The zero-order valence-corrected chi connectivity index (χ0v) is 34.3. The molecule has 288 valence electrons. The molecule has 1 fully saturated rings. The van der Waals surface area contributed by atoms with E-state index in [-0.39, 0.29) is 5.04 Å². The predicted octanol–water partition coefficient (Wildman–Crippen LogP) is 9.84. The summed E-state index contributed by atoms with van der Waals surface area (Å²) in [5.41, 5.74) is 2.81. The lowest BCUT2D eigenvalue weighted by atomic mass is 9.99. The second-order valence-corrected chi connectivity index (χ2v) is 20.7. The SMILES string of the molecule is CC(C)(C)[Si](OCC1O[C@@H](Sc2ccccc2)C(OCc2ccccc2)C(OCc2ccccc2)[C@@H]1OCc1ccccc1)(c1ccccc1)c1ccccc1. The Balaban J connectivity index is 1.30. The lowest BCUT2D eigenvalue weighted by Gasteiger charge is -2.48. The summed E-state index contributed by atoms with van der Waals surface area (Å²) < 4.78 is 35.9. The van der Waals surface area contributed by atoms with Crippen LogP contribution in [0.3, 0.4) is 0 Å². The van der Waals surface area contributed by atoms with Crippen LogP contribution in [0.25, 0.3) is 0 Å². The maximum Gasteiger partial charge on any atom is 0.261 e. The van der Waals surface area contributed by atoms with Crippen LogP contribution in [-0.4, -0.2) is 44.8 Å². The van der Waals surface area contributed by atoms with E-state index in [4.69, 9.17) is 23.4 Å². The van der Waals surface area contributed by atoms with E-state index >= 15 is 0 Å². The third kappa shape index (κ3) is 9.79. The molecule has 5 nitrogen and oxygen atoms in total. The van der Waals surface area contributed by atoms with Crippen molar-refractivity contribution < 1.29 is 23.4 Å². The Bertz CT molecular complexity index is 1980. The fourth-order valence-corrected chi connectivity index (χ4v) is 13.3. The minimum absolute atomic E-state index is 0.215. The van der Waals surface area contributed by atoms with Crippen molar-refractivity contribution in [1.82, 2.24) is 0 Å². The molecule has 0 aliphatic carbocycles. The molecule has 7 rings (SSSR count). The topological polar surface area (TPSA) is 46.2 Å². The number of rotatable bonds is 16. The van der Waals surface area contributed by atoms with E-state index in [0.717, 1.165) is 21.6 Å². The van der Waals surface area contributed by atoms with Crippen LogP contribution in [0, 0.1) is 0 Å². The first-order valence-corrected chi connectivity index (χ1v) is 22.3. The number of benzene rings is 6. The molecule has 0 bridgehead atoms. The van der Waals surface area contributed by atoms with Gasteiger partial charge in [-0.3, -0.25) is 0 Å². The number of thioether (sulfide) groups is 1. The summed E-state index contributed by atoms with van der Waals surface area (Å²) in [5.74, 6) is 0. The van der Waals surface area contributed by atoms with Crippen molar-refractivity contribution >= 4 is 30.5 Å². The van der Waals surface area contributed by atoms with Gasteiger partial charge in [-0.1, -0.05) is 202 Å². The molecule has 3 unspecified atom stereocenters. The van der Waals surface area contributed by atoms with E-state index in [9.17, 15) is 0 Å². The van der Waals surface area contributed by atoms with Crippen LogP contribution in [0.4, 0.5) is 0 Å². The highest BCUT2D eigenvalue weighted by Gasteiger charge is 2.53. The van der Waals surface area contributed by atoms with Gasteiger partial charge in [0.1, 0.15) is 29.9 Å². The van der Waals surface area contributed by atoms with Gasteiger partial charge in [-0.2, -0.15) is 0 Å². The second kappa shape index (κ2) is 19.2. The summed E-state index contributed by atoms with van der Waals surface area (Å²) in [5, 5.41) is 2.22. The van der Waals surface area contributed by atoms with E-state index in [1.807, 2.05) is 60.7 Å². The second-order valence-electron chi connectivity index (χ2n) is 15.2. The molecule has 1 heterocycles. The minimum atomic E-state index is -2.93. The van der Waals surface area contributed by atoms with Gasteiger partial charge in [0.05, 0.1) is 26.4 Å². The van der Waals surface area contributed by atoms with Crippen LogP contribution in [0.5, 0.6) is 0 Å². The smallest absolute Gasteiger partial charge is 0.261 e. The molecule has 0 aromatic heterocycles. The summed E-state index contributed by atoms with van der Waals surface area (Å²) in [7, 11) is -2.93.